The second-order valence-corrected chi connectivity index (χ2v) is 5.32. The van der Waals surface area contributed by atoms with Crippen LogP contribution >= 0.6 is 0 Å². The van der Waals surface area contributed by atoms with Crippen LogP contribution in [-0.2, 0) is 11.3 Å². The average molecular weight is 268 g/mol. The van der Waals surface area contributed by atoms with E-state index in [1.165, 1.54) is 18.2 Å². The molecule has 0 fully saturated rings. The van der Waals surface area contributed by atoms with Crippen molar-refractivity contribution in [3.8, 4) is 5.75 Å². The van der Waals surface area contributed by atoms with E-state index in [4.69, 9.17) is 4.74 Å². The maximum Gasteiger partial charge on any atom is 0.257 e. The molecule has 0 aliphatic rings. The summed E-state index contributed by atoms with van der Waals surface area (Å²) in [6, 6.07) is 4.27. The highest BCUT2D eigenvalue weighted by Gasteiger charge is 2.12. The zero-order valence-electron chi connectivity index (χ0n) is 11.8. The Bertz CT molecular complexity index is 442. The molecule has 0 aliphatic heterocycles. The topological polar surface area (TPSA) is 50.4 Å². The Morgan fingerprint density at radius 2 is 2.05 bits per heavy atom. The maximum atomic E-state index is 13.3. The number of halogens is 1. The quantitative estimate of drug-likeness (QED) is 0.856. The van der Waals surface area contributed by atoms with Gasteiger partial charge in [0.2, 0.25) is 0 Å². The van der Waals surface area contributed by atoms with E-state index in [1.807, 2.05) is 20.8 Å². The zero-order valence-corrected chi connectivity index (χ0v) is 11.8. The molecule has 19 heavy (non-hydrogen) atoms. The van der Waals surface area contributed by atoms with Crippen LogP contribution < -0.4 is 15.4 Å². The molecule has 2 N–H and O–H groups in total. The average Bonchev–Trinajstić information content (AvgIpc) is 2.33. The molecule has 106 valence electrons. The molecule has 5 heteroatoms. The maximum absolute atomic E-state index is 13.3. The van der Waals surface area contributed by atoms with E-state index in [2.05, 4.69) is 10.6 Å². The molecule has 0 radical (unpaired) electrons. The Labute approximate surface area is 113 Å². The van der Waals surface area contributed by atoms with E-state index in [0.29, 0.717) is 17.9 Å². The van der Waals surface area contributed by atoms with Gasteiger partial charge in [-0.25, -0.2) is 4.39 Å². The SMILES string of the molecule is CNC(=O)COc1ccc(F)cc1CNC(C)(C)C. The first-order chi connectivity index (χ1) is 8.81. The zero-order chi connectivity index (χ0) is 14.5. The molecule has 1 aromatic rings. The van der Waals surface area contributed by atoms with Gasteiger partial charge in [-0.3, -0.25) is 4.79 Å². The number of amides is 1. The predicted molar refractivity (Wildman–Crippen MR) is 72.6 cm³/mol. The van der Waals surface area contributed by atoms with Crippen molar-refractivity contribution in [2.75, 3.05) is 13.7 Å². The largest absolute Gasteiger partial charge is 0.483 e. The van der Waals surface area contributed by atoms with Crippen LogP contribution in [0.5, 0.6) is 5.75 Å². The lowest BCUT2D eigenvalue weighted by molar-refractivity contribution is -0.122. The van der Waals surface area contributed by atoms with Crippen LogP contribution in [0.25, 0.3) is 0 Å². The summed E-state index contributed by atoms with van der Waals surface area (Å²) in [6.45, 7) is 6.47. The van der Waals surface area contributed by atoms with Gasteiger partial charge in [0.1, 0.15) is 11.6 Å². The van der Waals surface area contributed by atoms with Gasteiger partial charge in [0.05, 0.1) is 0 Å². The van der Waals surface area contributed by atoms with E-state index in [1.54, 1.807) is 7.05 Å². The third-order valence-corrected chi connectivity index (χ3v) is 2.47. The molecule has 0 aliphatic carbocycles. The monoisotopic (exact) mass is 268 g/mol. The Morgan fingerprint density at radius 3 is 2.63 bits per heavy atom. The van der Waals surface area contributed by atoms with Crippen LogP contribution in [0, 0.1) is 5.82 Å². The summed E-state index contributed by atoms with van der Waals surface area (Å²) >= 11 is 0. The highest BCUT2D eigenvalue weighted by Crippen LogP contribution is 2.20. The summed E-state index contributed by atoms with van der Waals surface area (Å²) in [5.74, 6) is -0.0289. The number of hydrogen-bond acceptors (Lipinski definition) is 3. The van der Waals surface area contributed by atoms with E-state index in [9.17, 15) is 9.18 Å². The minimum absolute atomic E-state index is 0.0787. The first-order valence-corrected chi connectivity index (χ1v) is 6.18. The van der Waals surface area contributed by atoms with Crippen LogP contribution in [0.4, 0.5) is 4.39 Å². The van der Waals surface area contributed by atoms with Gasteiger partial charge in [-0.15, -0.1) is 0 Å². The second kappa shape index (κ2) is 6.52. The van der Waals surface area contributed by atoms with Crippen molar-refractivity contribution in [1.29, 1.82) is 0 Å². The van der Waals surface area contributed by atoms with E-state index >= 15 is 0 Å². The molecule has 1 aromatic carbocycles. The Morgan fingerprint density at radius 1 is 1.37 bits per heavy atom. The third-order valence-electron chi connectivity index (χ3n) is 2.47. The van der Waals surface area contributed by atoms with Crippen molar-refractivity contribution in [1.82, 2.24) is 10.6 Å². The van der Waals surface area contributed by atoms with E-state index in [-0.39, 0.29) is 23.9 Å². The van der Waals surface area contributed by atoms with Gasteiger partial charge < -0.3 is 15.4 Å². The smallest absolute Gasteiger partial charge is 0.257 e. The number of rotatable bonds is 5. The summed E-state index contributed by atoms with van der Waals surface area (Å²) in [4.78, 5) is 11.2. The minimum Gasteiger partial charge on any atom is -0.483 e. The Balaban J connectivity index is 2.76. The van der Waals surface area contributed by atoms with Gasteiger partial charge in [-0.2, -0.15) is 0 Å². The fourth-order valence-corrected chi connectivity index (χ4v) is 1.40. The summed E-state index contributed by atoms with van der Waals surface area (Å²) in [7, 11) is 1.54. The first kappa shape index (κ1) is 15.4. The molecule has 4 nitrogen and oxygen atoms in total. The number of ether oxygens (including phenoxy) is 1. The standard InChI is InChI=1S/C14H21FN2O2/c1-14(2,3)17-8-10-7-11(15)5-6-12(10)19-9-13(18)16-4/h5-7,17H,8-9H2,1-4H3,(H,16,18). The van der Waals surface area contributed by atoms with E-state index in [0.717, 1.165) is 0 Å². The fraction of sp³-hybridized carbons (Fsp3) is 0.500. The molecule has 0 atom stereocenters. The number of carbonyl (C=O) groups excluding carboxylic acids is 1. The van der Waals surface area contributed by atoms with Gasteiger partial charge >= 0.3 is 0 Å². The Kier molecular flexibility index (Phi) is 5.30. The normalized spacial score (nSPS) is 11.2. The van der Waals surface area contributed by atoms with Crippen LogP contribution in [0.3, 0.4) is 0 Å². The lowest BCUT2D eigenvalue weighted by Crippen LogP contribution is -2.35. The van der Waals surface area contributed by atoms with Crippen LogP contribution in [0.15, 0.2) is 18.2 Å². The Hall–Kier alpha value is -1.62. The van der Waals surface area contributed by atoms with Crippen molar-refractivity contribution in [3.63, 3.8) is 0 Å². The summed E-state index contributed by atoms with van der Waals surface area (Å²) in [5, 5.41) is 5.73. The second-order valence-electron chi connectivity index (χ2n) is 5.32. The first-order valence-electron chi connectivity index (χ1n) is 6.18. The lowest BCUT2D eigenvalue weighted by atomic mass is 10.1. The van der Waals surface area contributed by atoms with Crippen molar-refractivity contribution in [2.45, 2.75) is 32.9 Å². The van der Waals surface area contributed by atoms with Gasteiger partial charge in [0.15, 0.2) is 6.61 Å². The molecular formula is C14H21FN2O2. The molecule has 0 heterocycles. The number of hydrogen-bond donors (Lipinski definition) is 2. The van der Waals surface area contributed by atoms with E-state index < -0.39 is 0 Å². The van der Waals surface area contributed by atoms with Crippen LogP contribution in [0.1, 0.15) is 26.3 Å². The summed E-state index contributed by atoms with van der Waals surface area (Å²) < 4.78 is 18.7. The number of benzene rings is 1. The number of nitrogens with one attached hydrogen (secondary N) is 2. The van der Waals surface area contributed by atoms with Crippen molar-refractivity contribution < 1.29 is 13.9 Å². The fourth-order valence-electron chi connectivity index (χ4n) is 1.40. The summed E-state index contributed by atoms with van der Waals surface area (Å²) in [5.41, 5.74) is 0.614. The molecule has 0 saturated heterocycles. The molecule has 0 saturated carbocycles. The molecule has 0 aromatic heterocycles. The van der Waals surface area contributed by atoms with Crippen LogP contribution in [-0.4, -0.2) is 25.1 Å². The third kappa shape index (κ3) is 5.70. The summed E-state index contributed by atoms with van der Waals surface area (Å²) in [6.07, 6.45) is 0. The molecule has 0 unspecified atom stereocenters. The molecular weight excluding hydrogens is 247 g/mol. The molecule has 0 bridgehead atoms. The molecule has 0 spiro atoms. The number of carbonyl (C=O) groups is 1. The van der Waals surface area contributed by atoms with Crippen molar-refractivity contribution in [2.24, 2.45) is 0 Å². The highest BCUT2D eigenvalue weighted by atomic mass is 19.1. The predicted octanol–water partition coefficient (Wildman–Crippen LogP) is 1.84. The number of likely N-dealkylation sites (N-methyl/N-ethyl adjacent to an activating group) is 1. The van der Waals surface area contributed by atoms with Crippen LogP contribution in [0.2, 0.25) is 0 Å². The van der Waals surface area contributed by atoms with Crippen molar-refractivity contribution in [3.05, 3.63) is 29.6 Å². The van der Waals surface area contributed by atoms with Gasteiger partial charge in [-0.1, -0.05) is 0 Å². The van der Waals surface area contributed by atoms with Gasteiger partial charge in [0, 0.05) is 24.7 Å². The van der Waals surface area contributed by atoms with Gasteiger partial charge in [0.25, 0.3) is 5.91 Å². The van der Waals surface area contributed by atoms with Gasteiger partial charge in [-0.05, 0) is 39.0 Å². The molecule has 1 amide bonds. The van der Waals surface area contributed by atoms with Crippen molar-refractivity contribution >= 4 is 5.91 Å². The molecule has 1 rings (SSSR count). The lowest BCUT2D eigenvalue weighted by Gasteiger charge is -2.21. The minimum atomic E-state index is -0.321. The highest BCUT2D eigenvalue weighted by molar-refractivity contribution is 5.77.